The minimum atomic E-state index is -0.0651. The van der Waals surface area contributed by atoms with E-state index in [1.54, 1.807) is 21.3 Å². The maximum absolute atomic E-state index is 13.1. The van der Waals surface area contributed by atoms with Crippen molar-refractivity contribution in [2.75, 3.05) is 54.6 Å². The van der Waals surface area contributed by atoms with Crippen molar-refractivity contribution >= 4 is 5.91 Å². The standard InChI is InChI=1S/C24H39N3O4/c1-18(24(28)25(2)20-9-7-6-8-10-20)27-15-13-26(14-16-27)17-19-11-12-21(29-3)23(31-5)22(19)30-4/h11-12,18,20H,6-10,13-17H2,1-5H3/t18-/m0/s1. The molecule has 31 heavy (non-hydrogen) atoms. The number of ether oxygens (including phenoxy) is 3. The monoisotopic (exact) mass is 433 g/mol. The average molecular weight is 434 g/mol. The van der Waals surface area contributed by atoms with E-state index in [-0.39, 0.29) is 11.9 Å². The van der Waals surface area contributed by atoms with Crippen molar-refractivity contribution in [3.63, 3.8) is 0 Å². The van der Waals surface area contributed by atoms with E-state index in [0.717, 1.165) is 56.9 Å². The number of nitrogens with zero attached hydrogens (tertiary/aromatic N) is 3. The Balaban J connectivity index is 1.56. The highest BCUT2D eigenvalue weighted by atomic mass is 16.5. The molecule has 0 aromatic heterocycles. The molecule has 1 aliphatic carbocycles. The fourth-order valence-electron chi connectivity index (χ4n) is 4.94. The first-order chi connectivity index (χ1) is 15.0. The van der Waals surface area contributed by atoms with E-state index in [2.05, 4.69) is 16.7 Å². The van der Waals surface area contributed by atoms with E-state index in [0.29, 0.717) is 17.5 Å². The number of piperazine rings is 1. The summed E-state index contributed by atoms with van der Waals surface area (Å²) in [5.74, 6) is 2.29. The Kier molecular flexibility index (Phi) is 8.43. The van der Waals surface area contributed by atoms with Crippen LogP contribution < -0.4 is 14.2 Å². The molecule has 1 atom stereocenters. The second-order valence-corrected chi connectivity index (χ2v) is 8.72. The summed E-state index contributed by atoms with van der Waals surface area (Å²) in [5.41, 5.74) is 1.08. The van der Waals surface area contributed by atoms with Gasteiger partial charge in [-0.3, -0.25) is 14.6 Å². The molecule has 2 aliphatic rings. The van der Waals surface area contributed by atoms with Crippen LogP contribution in [-0.2, 0) is 11.3 Å². The SMILES string of the molecule is COc1ccc(CN2CCN([C@@H](C)C(=O)N(C)C3CCCCC3)CC2)c(OC)c1OC. The van der Waals surface area contributed by atoms with Gasteiger partial charge in [0.1, 0.15) is 0 Å². The molecule has 1 amide bonds. The van der Waals surface area contributed by atoms with Crippen LogP contribution in [0.4, 0.5) is 0 Å². The lowest BCUT2D eigenvalue weighted by Crippen LogP contribution is -2.55. The summed E-state index contributed by atoms with van der Waals surface area (Å²) in [6, 6.07) is 4.32. The summed E-state index contributed by atoms with van der Waals surface area (Å²) in [6.45, 7) is 6.46. The molecule has 0 spiro atoms. The van der Waals surface area contributed by atoms with Crippen LogP contribution >= 0.6 is 0 Å². The number of methoxy groups -OCH3 is 3. The van der Waals surface area contributed by atoms with Gasteiger partial charge in [0.2, 0.25) is 11.7 Å². The fourth-order valence-corrected chi connectivity index (χ4v) is 4.94. The number of benzene rings is 1. The van der Waals surface area contributed by atoms with Gasteiger partial charge in [-0.1, -0.05) is 25.3 Å². The summed E-state index contributed by atoms with van der Waals surface area (Å²) in [4.78, 5) is 19.8. The number of hydrogen-bond donors (Lipinski definition) is 0. The second kappa shape index (κ2) is 11.0. The first-order valence-corrected chi connectivity index (χ1v) is 11.5. The zero-order valence-electron chi connectivity index (χ0n) is 19.9. The molecule has 1 saturated heterocycles. The van der Waals surface area contributed by atoms with Gasteiger partial charge in [-0.15, -0.1) is 0 Å². The number of likely N-dealkylation sites (N-methyl/N-ethyl adjacent to an activating group) is 1. The zero-order chi connectivity index (χ0) is 22.4. The van der Waals surface area contributed by atoms with Crippen molar-refractivity contribution in [2.24, 2.45) is 0 Å². The van der Waals surface area contributed by atoms with Crippen LogP contribution in [0.25, 0.3) is 0 Å². The molecule has 2 fully saturated rings. The van der Waals surface area contributed by atoms with Gasteiger partial charge in [-0.2, -0.15) is 0 Å². The highest BCUT2D eigenvalue weighted by Gasteiger charge is 2.31. The lowest BCUT2D eigenvalue weighted by molar-refractivity contribution is -0.138. The molecule has 7 heteroatoms. The van der Waals surface area contributed by atoms with E-state index in [4.69, 9.17) is 14.2 Å². The average Bonchev–Trinajstić information content (AvgIpc) is 2.83. The van der Waals surface area contributed by atoms with Crippen molar-refractivity contribution in [3.8, 4) is 17.2 Å². The Bertz CT molecular complexity index is 728. The van der Waals surface area contributed by atoms with Crippen molar-refractivity contribution in [3.05, 3.63) is 17.7 Å². The minimum absolute atomic E-state index is 0.0651. The number of carbonyl (C=O) groups is 1. The van der Waals surface area contributed by atoms with Crippen molar-refractivity contribution in [1.29, 1.82) is 0 Å². The lowest BCUT2D eigenvalue weighted by Gasteiger charge is -2.40. The number of rotatable bonds is 8. The Hall–Kier alpha value is -1.99. The molecule has 3 rings (SSSR count). The molecule has 1 aliphatic heterocycles. The van der Waals surface area contributed by atoms with Crippen molar-refractivity contribution in [2.45, 2.75) is 57.7 Å². The smallest absolute Gasteiger partial charge is 0.239 e. The normalized spacial score (nSPS) is 19.6. The molecule has 1 aromatic rings. The molecule has 174 valence electrons. The molecule has 0 unspecified atom stereocenters. The largest absolute Gasteiger partial charge is 0.493 e. The highest BCUT2D eigenvalue weighted by Crippen LogP contribution is 2.40. The van der Waals surface area contributed by atoms with Crippen molar-refractivity contribution < 1.29 is 19.0 Å². The topological polar surface area (TPSA) is 54.5 Å². The molecular formula is C24H39N3O4. The van der Waals surface area contributed by atoms with E-state index < -0.39 is 0 Å². The third kappa shape index (κ3) is 5.44. The zero-order valence-corrected chi connectivity index (χ0v) is 19.9. The maximum Gasteiger partial charge on any atom is 0.239 e. The van der Waals surface area contributed by atoms with Crippen LogP contribution in [0.2, 0.25) is 0 Å². The predicted molar refractivity (Wildman–Crippen MR) is 122 cm³/mol. The van der Waals surface area contributed by atoms with E-state index >= 15 is 0 Å². The third-order valence-corrected chi connectivity index (χ3v) is 6.96. The summed E-state index contributed by atoms with van der Waals surface area (Å²) in [6.07, 6.45) is 6.09. The van der Waals surface area contributed by atoms with Crippen LogP contribution in [0.1, 0.15) is 44.6 Å². The van der Waals surface area contributed by atoms with E-state index in [9.17, 15) is 4.79 Å². The molecule has 0 radical (unpaired) electrons. The second-order valence-electron chi connectivity index (χ2n) is 8.72. The first kappa shape index (κ1) is 23.7. The van der Waals surface area contributed by atoms with Gasteiger partial charge in [-0.05, 0) is 25.8 Å². The third-order valence-electron chi connectivity index (χ3n) is 6.96. The Morgan fingerprint density at radius 1 is 1.00 bits per heavy atom. The van der Waals surface area contributed by atoms with Crippen LogP contribution in [0.3, 0.4) is 0 Å². The molecule has 7 nitrogen and oxygen atoms in total. The lowest BCUT2D eigenvalue weighted by atomic mass is 9.94. The summed E-state index contributed by atoms with van der Waals surface area (Å²) >= 11 is 0. The molecule has 1 heterocycles. The van der Waals surface area contributed by atoms with Gasteiger partial charge in [0.15, 0.2) is 11.5 Å². The van der Waals surface area contributed by atoms with Gasteiger partial charge in [0.05, 0.1) is 27.4 Å². The molecule has 0 bridgehead atoms. The predicted octanol–water partition coefficient (Wildman–Crippen LogP) is 3.01. The molecular weight excluding hydrogens is 394 g/mol. The number of amides is 1. The van der Waals surface area contributed by atoms with Gasteiger partial charge >= 0.3 is 0 Å². The van der Waals surface area contributed by atoms with Gasteiger partial charge in [0.25, 0.3) is 0 Å². The number of hydrogen-bond acceptors (Lipinski definition) is 6. The summed E-state index contributed by atoms with van der Waals surface area (Å²) in [7, 11) is 6.92. The summed E-state index contributed by atoms with van der Waals surface area (Å²) in [5, 5.41) is 0. The Morgan fingerprint density at radius 2 is 1.65 bits per heavy atom. The molecule has 0 N–H and O–H groups in total. The Labute approximate surface area is 187 Å². The van der Waals surface area contributed by atoms with Crippen molar-refractivity contribution in [1.82, 2.24) is 14.7 Å². The summed E-state index contributed by atoms with van der Waals surface area (Å²) < 4.78 is 16.5. The molecule has 1 saturated carbocycles. The van der Waals surface area contributed by atoms with Gasteiger partial charge in [-0.25, -0.2) is 0 Å². The van der Waals surface area contributed by atoms with Crippen LogP contribution in [0, 0.1) is 0 Å². The molecule has 1 aromatic carbocycles. The van der Waals surface area contributed by atoms with Crippen LogP contribution in [-0.4, -0.2) is 87.2 Å². The quantitative estimate of drug-likeness (QED) is 0.628. The van der Waals surface area contributed by atoms with Crippen LogP contribution in [0.15, 0.2) is 12.1 Å². The minimum Gasteiger partial charge on any atom is -0.493 e. The van der Waals surface area contributed by atoms with Gasteiger partial charge in [0, 0.05) is 51.4 Å². The Morgan fingerprint density at radius 3 is 2.23 bits per heavy atom. The van der Waals surface area contributed by atoms with E-state index in [1.807, 2.05) is 24.1 Å². The van der Waals surface area contributed by atoms with Crippen LogP contribution in [0.5, 0.6) is 17.2 Å². The van der Waals surface area contributed by atoms with Gasteiger partial charge < -0.3 is 19.1 Å². The highest BCUT2D eigenvalue weighted by molar-refractivity contribution is 5.81. The fraction of sp³-hybridized carbons (Fsp3) is 0.708. The number of carbonyl (C=O) groups excluding carboxylic acids is 1. The van der Waals surface area contributed by atoms with E-state index in [1.165, 1.54) is 19.3 Å². The maximum atomic E-state index is 13.1. The first-order valence-electron chi connectivity index (χ1n) is 11.5.